The Morgan fingerprint density at radius 3 is 2.92 bits per heavy atom. The molecule has 0 saturated heterocycles. The van der Waals surface area contributed by atoms with Crippen LogP contribution >= 0.6 is 11.3 Å². The van der Waals surface area contributed by atoms with Crippen molar-refractivity contribution in [2.45, 2.75) is 18.3 Å². The maximum absolute atomic E-state index is 8.88. The van der Waals surface area contributed by atoms with Gasteiger partial charge in [0.2, 0.25) is 0 Å². The van der Waals surface area contributed by atoms with E-state index in [1.54, 1.807) is 13.3 Å². The van der Waals surface area contributed by atoms with Crippen molar-refractivity contribution in [1.82, 2.24) is 4.98 Å². The molecule has 0 N–H and O–H groups in total. The number of nitriles is 1. The van der Waals surface area contributed by atoms with Crippen LogP contribution in [0.5, 0.6) is 5.19 Å². The fraction of sp³-hybridized carbons (Fsp3) is 0.500. The van der Waals surface area contributed by atoms with E-state index in [2.05, 4.69) is 11.1 Å². The molecule has 1 heterocycles. The molecule has 0 radical (unpaired) electrons. The summed E-state index contributed by atoms with van der Waals surface area (Å²) in [5, 5.41) is 9.52. The Labute approximate surface area is 74.6 Å². The van der Waals surface area contributed by atoms with Gasteiger partial charge in [0.1, 0.15) is 0 Å². The summed E-state index contributed by atoms with van der Waals surface area (Å²) >= 11 is 1.47. The topological polar surface area (TPSA) is 45.9 Å². The van der Waals surface area contributed by atoms with Gasteiger partial charge in [-0.1, -0.05) is 11.3 Å². The van der Waals surface area contributed by atoms with E-state index < -0.39 is 0 Å². The van der Waals surface area contributed by atoms with Crippen molar-refractivity contribution in [3.05, 3.63) is 11.1 Å². The number of nitrogens with zero attached hydrogens (tertiary/aromatic N) is 2. The molecule has 4 heteroatoms. The molecular formula is C8H8N2OS. The second-order valence-electron chi connectivity index (χ2n) is 2.89. The summed E-state index contributed by atoms with van der Waals surface area (Å²) in [6, 6.07) is 2.32. The number of ether oxygens (including phenoxy) is 1. The zero-order chi connectivity index (χ0) is 8.60. The number of hydrogen-bond acceptors (Lipinski definition) is 4. The van der Waals surface area contributed by atoms with Crippen LogP contribution in [-0.2, 0) is 5.41 Å². The molecule has 0 aromatic carbocycles. The number of hydrogen-bond donors (Lipinski definition) is 0. The molecule has 0 amide bonds. The van der Waals surface area contributed by atoms with Crippen molar-refractivity contribution in [3.8, 4) is 11.3 Å². The Bertz CT molecular complexity index is 335. The summed E-state index contributed by atoms with van der Waals surface area (Å²) < 4.78 is 4.96. The van der Waals surface area contributed by atoms with Crippen LogP contribution in [0.2, 0.25) is 0 Å². The summed E-state index contributed by atoms with van der Waals surface area (Å²) in [6.45, 7) is 0. The molecule has 3 nitrogen and oxygen atoms in total. The van der Waals surface area contributed by atoms with Crippen LogP contribution in [0.15, 0.2) is 6.20 Å². The average molecular weight is 180 g/mol. The molecule has 1 fully saturated rings. The van der Waals surface area contributed by atoms with Gasteiger partial charge in [0, 0.05) is 11.1 Å². The van der Waals surface area contributed by atoms with E-state index >= 15 is 0 Å². The molecule has 0 unspecified atom stereocenters. The van der Waals surface area contributed by atoms with Gasteiger partial charge in [-0.15, -0.1) is 0 Å². The summed E-state index contributed by atoms with van der Waals surface area (Å²) in [7, 11) is 1.59. The summed E-state index contributed by atoms with van der Waals surface area (Å²) in [5.41, 5.74) is -0.214. The summed E-state index contributed by atoms with van der Waals surface area (Å²) in [4.78, 5) is 5.08. The third kappa shape index (κ3) is 0.978. The van der Waals surface area contributed by atoms with Gasteiger partial charge in [-0.2, -0.15) is 5.26 Å². The van der Waals surface area contributed by atoms with Crippen molar-refractivity contribution in [2.75, 3.05) is 7.11 Å². The van der Waals surface area contributed by atoms with Crippen LogP contribution in [-0.4, -0.2) is 12.1 Å². The SMILES string of the molecule is COc1ncc(C2(C#N)CC2)s1. The molecule has 2 rings (SSSR count). The lowest BCUT2D eigenvalue weighted by atomic mass is 10.1. The number of thiazole rings is 1. The van der Waals surface area contributed by atoms with Crippen LogP contribution in [0.1, 0.15) is 17.7 Å². The monoisotopic (exact) mass is 180 g/mol. The maximum Gasteiger partial charge on any atom is 0.273 e. The Balaban J connectivity index is 2.30. The van der Waals surface area contributed by atoms with E-state index in [1.807, 2.05) is 0 Å². The molecule has 0 aliphatic heterocycles. The van der Waals surface area contributed by atoms with Crippen molar-refractivity contribution in [1.29, 1.82) is 5.26 Å². The van der Waals surface area contributed by atoms with Crippen molar-refractivity contribution in [3.63, 3.8) is 0 Å². The van der Waals surface area contributed by atoms with Gasteiger partial charge in [-0.05, 0) is 12.8 Å². The highest BCUT2D eigenvalue weighted by molar-refractivity contribution is 7.13. The van der Waals surface area contributed by atoms with Crippen LogP contribution in [0.4, 0.5) is 0 Å². The summed E-state index contributed by atoms with van der Waals surface area (Å²) in [6.07, 6.45) is 3.68. The Hall–Kier alpha value is -1.08. The van der Waals surface area contributed by atoms with Crippen molar-refractivity contribution >= 4 is 11.3 Å². The fourth-order valence-corrected chi connectivity index (χ4v) is 2.04. The minimum atomic E-state index is -0.214. The van der Waals surface area contributed by atoms with Crippen molar-refractivity contribution < 1.29 is 4.74 Å². The Morgan fingerprint density at radius 2 is 2.50 bits per heavy atom. The van der Waals surface area contributed by atoms with Crippen LogP contribution in [0.25, 0.3) is 0 Å². The lowest BCUT2D eigenvalue weighted by Gasteiger charge is -1.97. The third-order valence-electron chi connectivity index (χ3n) is 2.09. The maximum atomic E-state index is 8.88. The molecule has 62 valence electrons. The number of methoxy groups -OCH3 is 1. The molecular weight excluding hydrogens is 172 g/mol. The van der Waals surface area contributed by atoms with Gasteiger partial charge in [0.25, 0.3) is 5.19 Å². The van der Waals surface area contributed by atoms with E-state index in [0.29, 0.717) is 5.19 Å². The Morgan fingerprint density at radius 1 is 1.75 bits per heavy atom. The highest BCUT2D eigenvalue weighted by Gasteiger charge is 2.46. The van der Waals surface area contributed by atoms with Crippen molar-refractivity contribution in [2.24, 2.45) is 0 Å². The fourth-order valence-electron chi connectivity index (χ4n) is 1.11. The smallest absolute Gasteiger partial charge is 0.273 e. The van der Waals surface area contributed by atoms with Gasteiger partial charge in [-0.3, -0.25) is 0 Å². The van der Waals surface area contributed by atoms with Gasteiger partial charge < -0.3 is 4.74 Å². The molecule has 0 bridgehead atoms. The average Bonchev–Trinajstić information content (AvgIpc) is 2.77. The zero-order valence-electron chi connectivity index (χ0n) is 6.70. The molecule has 1 aliphatic rings. The van der Waals surface area contributed by atoms with Crippen LogP contribution < -0.4 is 4.74 Å². The second kappa shape index (κ2) is 2.46. The van der Waals surface area contributed by atoms with Gasteiger partial charge in [0.15, 0.2) is 0 Å². The highest BCUT2D eigenvalue weighted by atomic mass is 32.1. The van der Waals surface area contributed by atoms with E-state index in [4.69, 9.17) is 10.00 Å². The van der Waals surface area contributed by atoms with Crippen LogP contribution in [0.3, 0.4) is 0 Å². The standard InChI is InChI=1S/C8H8N2OS/c1-11-7-10-4-6(12-7)8(5-9)2-3-8/h4H,2-3H2,1H3. The molecule has 12 heavy (non-hydrogen) atoms. The first-order valence-corrected chi connectivity index (χ1v) is 4.54. The van der Waals surface area contributed by atoms with Gasteiger partial charge in [0.05, 0.1) is 18.6 Å². The normalized spacial score (nSPS) is 18.3. The lowest BCUT2D eigenvalue weighted by molar-refractivity contribution is 0.412. The Kier molecular flexibility index (Phi) is 1.55. The zero-order valence-corrected chi connectivity index (χ0v) is 7.52. The van der Waals surface area contributed by atoms with Crippen LogP contribution in [0, 0.1) is 11.3 Å². The molecule has 0 atom stereocenters. The minimum absolute atomic E-state index is 0.214. The predicted molar refractivity (Wildman–Crippen MR) is 45.2 cm³/mol. The van der Waals surface area contributed by atoms with E-state index in [1.165, 1.54) is 11.3 Å². The molecule has 1 saturated carbocycles. The first-order valence-electron chi connectivity index (χ1n) is 3.72. The van der Waals surface area contributed by atoms with Gasteiger partial charge in [-0.25, -0.2) is 4.98 Å². The molecule has 1 aromatic rings. The first kappa shape index (κ1) is 7.56. The quantitative estimate of drug-likeness (QED) is 0.696. The van der Waals surface area contributed by atoms with E-state index in [9.17, 15) is 0 Å². The molecule has 1 aromatic heterocycles. The van der Waals surface area contributed by atoms with E-state index in [0.717, 1.165) is 17.7 Å². The minimum Gasteiger partial charge on any atom is -0.473 e. The molecule has 1 aliphatic carbocycles. The second-order valence-corrected chi connectivity index (χ2v) is 3.88. The largest absolute Gasteiger partial charge is 0.473 e. The number of rotatable bonds is 2. The highest BCUT2D eigenvalue weighted by Crippen LogP contribution is 2.50. The summed E-state index contributed by atoms with van der Waals surface area (Å²) in [5.74, 6) is 0. The molecule has 0 spiro atoms. The predicted octanol–water partition coefficient (Wildman–Crippen LogP) is 1.71. The van der Waals surface area contributed by atoms with E-state index in [-0.39, 0.29) is 5.41 Å². The third-order valence-corrected chi connectivity index (χ3v) is 3.26. The first-order chi connectivity index (χ1) is 5.80. The lowest BCUT2D eigenvalue weighted by Crippen LogP contribution is -1.97. The number of aromatic nitrogens is 1. The van der Waals surface area contributed by atoms with Gasteiger partial charge >= 0.3 is 0 Å².